The number of carbonyl (C=O) groups is 2. The number of ether oxygens (including phenoxy) is 12. The lowest BCUT2D eigenvalue weighted by Gasteiger charge is -2.08. The van der Waals surface area contributed by atoms with Crippen LogP contribution in [0.15, 0.2) is 0 Å². The first-order valence-corrected chi connectivity index (χ1v) is 17.2. The van der Waals surface area contributed by atoms with E-state index >= 15 is 0 Å². The fourth-order valence-corrected chi connectivity index (χ4v) is 3.06. The molecule has 0 radical (unpaired) electrons. The predicted octanol–water partition coefficient (Wildman–Crippen LogP) is 1.50. The first kappa shape index (κ1) is 48.9. The maximum Gasteiger partial charge on any atom is 0.132 e. The summed E-state index contributed by atoms with van der Waals surface area (Å²) >= 11 is 0. The number of Topliss-reactive ketones (excluding diaryl/α,β-unsaturated/α-hetero) is 2. The topological polar surface area (TPSA) is 171 Å². The van der Waals surface area contributed by atoms with Crippen molar-refractivity contribution in [2.45, 2.75) is 40.0 Å². The van der Waals surface area contributed by atoms with Gasteiger partial charge in [0.15, 0.2) is 0 Å². The molecular weight excluding hydrogens is 634 g/mol. The second kappa shape index (κ2) is 45.8. The summed E-state index contributed by atoms with van der Waals surface area (Å²) in [6.45, 7) is 18.8. The van der Waals surface area contributed by atoms with Crippen molar-refractivity contribution in [3.8, 4) is 0 Å². The summed E-state index contributed by atoms with van der Waals surface area (Å²) in [5, 5.41) is 0. The summed E-state index contributed by atoms with van der Waals surface area (Å²) < 4.78 is 63.7. The quantitative estimate of drug-likeness (QED) is 0.0911. The van der Waals surface area contributed by atoms with E-state index in [0.717, 1.165) is 13.0 Å². The fraction of sp³-hybridized carbons (Fsp3) is 0.939. The van der Waals surface area contributed by atoms with Gasteiger partial charge in [-0.15, -0.1) is 0 Å². The molecule has 0 spiro atoms. The van der Waals surface area contributed by atoms with Gasteiger partial charge in [-0.05, 0) is 20.3 Å². The molecular formula is C33H67NO14. The first-order valence-electron chi connectivity index (χ1n) is 17.2. The van der Waals surface area contributed by atoms with Crippen molar-refractivity contribution in [3.63, 3.8) is 0 Å². The molecule has 0 aromatic heterocycles. The molecule has 0 aliphatic rings. The Bertz CT molecular complexity index is 581. The van der Waals surface area contributed by atoms with Crippen molar-refractivity contribution in [1.29, 1.82) is 0 Å². The second-order valence-electron chi connectivity index (χ2n) is 10.0. The van der Waals surface area contributed by atoms with Crippen LogP contribution in [-0.2, 0) is 66.4 Å². The Kier molecular flexibility index (Phi) is 46.7. The molecule has 0 saturated heterocycles. The molecule has 288 valence electrons. The van der Waals surface area contributed by atoms with Gasteiger partial charge >= 0.3 is 0 Å². The van der Waals surface area contributed by atoms with E-state index in [1.165, 1.54) is 0 Å². The van der Waals surface area contributed by atoms with Crippen LogP contribution in [0, 0.1) is 0 Å². The van der Waals surface area contributed by atoms with E-state index in [2.05, 4.69) is 6.92 Å². The average Bonchev–Trinajstić information content (AvgIpc) is 3.07. The van der Waals surface area contributed by atoms with Gasteiger partial charge in [0, 0.05) is 26.0 Å². The predicted molar refractivity (Wildman–Crippen MR) is 180 cm³/mol. The summed E-state index contributed by atoms with van der Waals surface area (Å²) in [6, 6.07) is 0. The van der Waals surface area contributed by atoms with Crippen LogP contribution in [0.1, 0.15) is 40.0 Å². The molecule has 0 aliphatic carbocycles. The number of hydrogen-bond acceptors (Lipinski definition) is 15. The zero-order valence-electron chi connectivity index (χ0n) is 30.1. The van der Waals surface area contributed by atoms with Gasteiger partial charge in [0.05, 0.1) is 152 Å². The lowest BCUT2D eigenvalue weighted by atomic mass is 10.3. The largest absolute Gasteiger partial charge is 0.379 e. The lowest BCUT2D eigenvalue weighted by molar-refractivity contribution is -0.119. The number of carbonyl (C=O) groups excluding carboxylic acids is 2. The Balaban J connectivity index is 0. The standard InChI is InChI=1S/C17H34O7.C16H33NO7/c1-3-5-19-7-9-21-11-13-23-15-16-24-14-12-22-10-8-20-6-4-17(2)18;1-16(18)2-4-19-6-8-21-10-12-23-14-15-24-13-11-22-9-7-20-5-3-17/h3-16H2,1-2H3;2-15,17H2,1H3. The van der Waals surface area contributed by atoms with Gasteiger partial charge in [-0.3, -0.25) is 9.59 Å². The summed E-state index contributed by atoms with van der Waals surface area (Å²) in [4.78, 5) is 21.3. The molecule has 0 saturated carbocycles. The van der Waals surface area contributed by atoms with Gasteiger partial charge in [0.25, 0.3) is 0 Å². The zero-order chi connectivity index (χ0) is 35.4. The van der Waals surface area contributed by atoms with E-state index in [1.807, 2.05) is 0 Å². The second-order valence-corrected chi connectivity index (χ2v) is 10.0. The Morgan fingerprint density at radius 2 is 0.521 bits per heavy atom. The van der Waals surface area contributed by atoms with Crippen LogP contribution in [0.4, 0.5) is 0 Å². The van der Waals surface area contributed by atoms with Crippen LogP contribution in [0.5, 0.6) is 0 Å². The Hall–Kier alpha value is -1.18. The van der Waals surface area contributed by atoms with E-state index < -0.39 is 0 Å². The summed E-state index contributed by atoms with van der Waals surface area (Å²) in [7, 11) is 0. The monoisotopic (exact) mass is 701 g/mol. The molecule has 0 aromatic rings. The van der Waals surface area contributed by atoms with Gasteiger partial charge in [-0.1, -0.05) is 6.92 Å². The maximum atomic E-state index is 10.7. The Labute approximate surface area is 288 Å². The third-order valence-electron chi connectivity index (χ3n) is 5.53. The normalized spacial score (nSPS) is 11.1. The Morgan fingerprint density at radius 3 is 0.708 bits per heavy atom. The number of hydrogen-bond donors (Lipinski definition) is 1. The van der Waals surface area contributed by atoms with Gasteiger partial charge in [0.1, 0.15) is 11.6 Å². The van der Waals surface area contributed by atoms with E-state index in [0.29, 0.717) is 171 Å². The van der Waals surface area contributed by atoms with Crippen molar-refractivity contribution in [2.24, 2.45) is 5.73 Å². The molecule has 0 unspecified atom stereocenters. The minimum absolute atomic E-state index is 0.134. The molecule has 0 amide bonds. The molecule has 2 N–H and O–H groups in total. The summed E-state index contributed by atoms with van der Waals surface area (Å²) in [6.07, 6.45) is 1.94. The summed E-state index contributed by atoms with van der Waals surface area (Å²) in [5.41, 5.74) is 5.29. The minimum Gasteiger partial charge on any atom is -0.379 e. The third kappa shape index (κ3) is 51.7. The van der Waals surface area contributed by atoms with Crippen molar-refractivity contribution in [3.05, 3.63) is 0 Å². The number of nitrogens with two attached hydrogens (primary N) is 1. The first-order chi connectivity index (χ1) is 23.5. The maximum absolute atomic E-state index is 10.7. The molecule has 0 fully saturated rings. The number of rotatable bonds is 40. The smallest absolute Gasteiger partial charge is 0.132 e. The highest BCUT2D eigenvalue weighted by atomic mass is 16.6. The highest BCUT2D eigenvalue weighted by Crippen LogP contribution is 1.89. The molecule has 0 rings (SSSR count). The van der Waals surface area contributed by atoms with E-state index in [-0.39, 0.29) is 11.6 Å². The molecule has 0 heterocycles. The molecule has 0 aromatic carbocycles. The van der Waals surface area contributed by atoms with Gasteiger partial charge < -0.3 is 62.6 Å². The molecule has 0 atom stereocenters. The fourth-order valence-electron chi connectivity index (χ4n) is 3.06. The SMILES string of the molecule is CC(=O)CCOCCOCCOCCOCCOCCOCCN.CCCOCCOCCOCCOCCOCCOCCC(C)=O. The van der Waals surface area contributed by atoms with Crippen LogP contribution < -0.4 is 5.73 Å². The van der Waals surface area contributed by atoms with Gasteiger partial charge in [-0.25, -0.2) is 0 Å². The highest BCUT2D eigenvalue weighted by Gasteiger charge is 1.97. The molecule has 15 nitrogen and oxygen atoms in total. The van der Waals surface area contributed by atoms with E-state index in [4.69, 9.17) is 62.6 Å². The third-order valence-corrected chi connectivity index (χ3v) is 5.53. The van der Waals surface area contributed by atoms with Gasteiger partial charge in [-0.2, -0.15) is 0 Å². The molecule has 0 aliphatic heterocycles. The van der Waals surface area contributed by atoms with Crippen molar-refractivity contribution in [2.75, 3.05) is 165 Å². The van der Waals surface area contributed by atoms with Crippen molar-refractivity contribution < 1.29 is 66.4 Å². The zero-order valence-corrected chi connectivity index (χ0v) is 30.1. The van der Waals surface area contributed by atoms with Crippen molar-refractivity contribution in [1.82, 2.24) is 0 Å². The lowest BCUT2D eigenvalue weighted by Crippen LogP contribution is -2.15. The molecule has 0 bridgehead atoms. The highest BCUT2D eigenvalue weighted by molar-refractivity contribution is 5.75. The van der Waals surface area contributed by atoms with Crippen LogP contribution in [0.2, 0.25) is 0 Å². The Morgan fingerprint density at radius 1 is 0.333 bits per heavy atom. The van der Waals surface area contributed by atoms with Crippen LogP contribution in [0.25, 0.3) is 0 Å². The minimum atomic E-state index is 0.134. The van der Waals surface area contributed by atoms with Crippen LogP contribution in [0.3, 0.4) is 0 Å². The average molecular weight is 702 g/mol. The van der Waals surface area contributed by atoms with Crippen molar-refractivity contribution >= 4 is 11.6 Å². The molecule has 48 heavy (non-hydrogen) atoms. The summed E-state index contributed by atoms with van der Waals surface area (Å²) in [5.74, 6) is 0.272. The van der Waals surface area contributed by atoms with Gasteiger partial charge in [0.2, 0.25) is 0 Å². The van der Waals surface area contributed by atoms with Crippen LogP contribution in [-0.4, -0.2) is 177 Å². The van der Waals surface area contributed by atoms with E-state index in [9.17, 15) is 9.59 Å². The molecule has 15 heteroatoms. The number of ketones is 2. The van der Waals surface area contributed by atoms with Crippen LogP contribution >= 0.6 is 0 Å². The van der Waals surface area contributed by atoms with E-state index in [1.54, 1.807) is 13.8 Å².